The van der Waals surface area contributed by atoms with E-state index >= 15 is 0 Å². The molecule has 6 heteroatoms. The van der Waals surface area contributed by atoms with Gasteiger partial charge in [0.05, 0.1) is 0 Å². The minimum atomic E-state index is -3.44. The predicted octanol–water partition coefficient (Wildman–Crippen LogP) is 5.33. The molecule has 1 aliphatic rings. The molecule has 0 unspecified atom stereocenters. The summed E-state index contributed by atoms with van der Waals surface area (Å²) in [4.78, 5) is 3.36. The number of para-hydroxylation sites is 1. The molecule has 1 aliphatic heterocycles. The number of hydrogen-bond acceptors (Lipinski definition) is 4. The Kier molecular flexibility index (Phi) is 8.80. The normalized spacial score (nSPS) is 14.6. The fourth-order valence-corrected chi connectivity index (χ4v) is 5.24. The van der Waals surface area contributed by atoms with Crippen LogP contribution in [0.1, 0.15) is 56.4 Å². The van der Waals surface area contributed by atoms with Crippen molar-refractivity contribution in [3.63, 3.8) is 0 Å². The molecule has 0 radical (unpaired) electrons. The molecule has 0 atom stereocenters. The number of unbranched alkanes of at least 4 members (excludes halogenated alkanes) is 1. The summed E-state index contributed by atoms with van der Waals surface area (Å²) in [6, 6.07) is 11.6. The van der Waals surface area contributed by atoms with Crippen molar-refractivity contribution in [2.75, 3.05) is 18.0 Å². The smallest absolute Gasteiger partial charge is 0.250 e. The van der Waals surface area contributed by atoms with E-state index in [0.29, 0.717) is 10.8 Å². The van der Waals surface area contributed by atoms with Crippen molar-refractivity contribution in [3.8, 4) is 0 Å². The molecule has 0 bridgehead atoms. The van der Waals surface area contributed by atoms with Gasteiger partial charge in [-0.25, -0.2) is 13.1 Å². The fraction of sp³-hybridized carbons (Fsp3) is 0.524. The molecule has 150 valence electrons. The van der Waals surface area contributed by atoms with Gasteiger partial charge in [-0.3, -0.25) is 0 Å². The quantitative estimate of drug-likeness (QED) is 0.702. The highest BCUT2D eigenvalue weighted by molar-refractivity contribution is 7.91. The molecule has 0 amide bonds. The highest BCUT2D eigenvalue weighted by atomic mass is 32.2. The molecule has 0 spiro atoms. The van der Waals surface area contributed by atoms with Gasteiger partial charge in [0.25, 0.3) is 0 Å². The third kappa shape index (κ3) is 6.63. The minimum Gasteiger partial charge on any atom is -0.371 e. The lowest BCUT2D eigenvalue weighted by Gasteiger charge is -2.30. The number of piperidine rings is 1. The van der Waals surface area contributed by atoms with Crippen molar-refractivity contribution in [2.45, 2.75) is 63.6 Å². The van der Waals surface area contributed by atoms with Crippen LogP contribution in [0.4, 0.5) is 5.69 Å². The number of nitrogens with zero attached hydrogens (tertiary/aromatic N) is 1. The zero-order valence-electron chi connectivity index (χ0n) is 16.7. The molecule has 4 nitrogen and oxygen atoms in total. The van der Waals surface area contributed by atoms with Crippen LogP contribution in [0.3, 0.4) is 0 Å². The fourth-order valence-electron chi connectivity index (χ4n) is 2.90. The molecular weight excluding hydrogens is 376 g/mol. The number of hydrogen-bond donors (Lipinski definition) is 1. The van der Waals surface area contributed by atoms with Gasteiger partial charge < -0.3 is 4.90 Å². The van der Waals surface area contributed by atoms with Crippen LogP contribution < -0.4 is 9.62 Å². The second kappa shape index (κ2) is 10.8. The summed E-state index contributed by atoms with van der Waals surface area (Å²) >= 11 is 1.30. The Balaban J connectivity index is 0.000000596. The van der Waals surface area contributed by atoms with Crippen molar-refractivity contribution in [3.05, 3.63) is 46.8 Å². The maximum absolute atomic E-state index is 12.4. The van der Waals surface area contributed by atoms with E-state index in [0.717, 1.165) is 29.2 Å². The van der Waals surface area contributed by atoms with Gasteiger partial charge in [0, 0.05) is 30.2 Å². The van der Waals surface area contributed by atoms with Crippen molar-refractivity contribution in [1.82, 2.24) is 4.72 Å². The molecule has 27 heavy (non-hydrogen) atoms. The largest absolute Gasteiger partial charge is 0.371 e. The second-order valence-electron chi connectivity index (χ2n) is 6.87. The van der Waals surface area contributed by atoms with Crippen molar-refractivity contribution in [2.24, 2.45) is 0 Å². The monoisotopic (exact) mass is 408 g/mol. The van der Waals surface area contributed by atoms with E-state index < -0.39 is 10.0 Å². The Labute approximate surface area is 168 Å². The summed E-state index contributed by atoms with van der Waals surface area (Å²) in [6.07, 6.45) is 6.33. The number of thiophene rings is 1. The number of rotatable bonds is 6. The average Bonchev–Trinajstić information content (AvgIpc) is 3.15. The summed E-state index contributed by atoms with van der Waals surface area (Å²) in [5.74, 6) is 0. The standard InChI is InChI=1S/C17H22N2O2S2.C4H10/c1-14-9-10-17(22-14)23(20,21)18-13-15-7-3-4-8-16(15)19-11-5-2-6-12-19;1-3-4-2/h3-4,7-10,18H,2,5-6,11-13H2,1H3;3-4H2,1-2H3. The SMILES string of the molecule is CCCC.Cc1ccc(S(=O)(=O)NCc2ccccc2N2CCCCC2)s1. The molecule has 1 N–H and O–H groups in total. The van der Waals surface area contributed by atoms with Gasteiger partial charge in [0.15, 0.2) is 0 Å². The van der Waals surface area contributed by atoms with Crippen molar-refractivity contribution in [1.29, 1.82) is 0 Å². The highest BCUT2D eigenvalue weighted by Crippen LogP contribution is 2.25. The van der Waals surface area contributed by atoms with Gasteiger partial charge in [-0.15, -0.1) is 11.3 Å². The summed E-state index contributed by atoms with van der Waals surface area (Å²) in [6.45, 7) is 8.70. The Morgan fingerprint density at radius 2 is 1.67 bits per heavy atom. The van der Waals surface area contributed by atoms with E-state index in [1.807, 2.05) is 31.2 Å². The van der Waals surface area contributed by atoms with Crippen molar-refractivity contribution < 1.29 is 8.42 Å². The third-order valence-electron chi connectivity index (χ3n) is 4.62. The Hall–Kier alpha value is -1.37. The average molecular weight is 409 g/mol. The van der Waals surface area contributed by atoms with Crippen molar-refractivity contribution >= 4 is 27.0 Å². The Morgan fingerprint density at radius 3 is 2.26 bits per heavy atom. The minimum absolute atomic E-state index is 0.325. The second-order valence-corrected chi connectivity index (χ2v) is 10.1. The first-order chi connectivity index (χ1) is 13.0. The zero-order valence-corrected chi connectivity index (χ0v) is 18.3. The number of benzene rings is 1. The van der Waals surface area contributed by atoms with E-state index in [1.165, 1.54) is 43.4 Å². The van der Waals surface area contributed by atoms with Crippen LogP contribution in [0.25, 0.3) is 0 Å². The maximum atomic E-state index is 12.4. The molecule has 1 aromatic heterocycles. The molecule has 2 heterocycles. The van der Waals surface area contributed by atoms with Crippen LogP contribution in [0.15, 0.2) is 40.6 Å². The summed E-state index contributed by atoms with van der Waals surface area (Å²) in [7, 11) is -3.44. The topological polar surface area (TPSA) is 49.4 Å². The van der Waals surface area contributed by atoms with E-state index in [4.69, 9.17) is 0 Å². The first-order valence-corrected chi connectivity index (χ1v) is 12.2. The molecule has 3 rings (SSSR count). The first-order valence-electron chi connectivity index (χ1n) is 9.87. The number of anilines is 1. The lowest BCUT2D eigenvalue weighted by molar-refractivity contribution is 0.573. The molecule has 0 aliphatic carbocycles. The molecule has 1 fully saturated rings. The van der Waals surface area contributed by atoms with E-state index in [1.54, 1.807) is 6.07 Å². The molecule has 1 saturated heterocycles. The molecule has 0 saturated carbocycles. The van der Waals surface area contributed by atoms with Crippen LogP contribution >= 0.6 is 11.3 Å². The Bertz CT molecular complexity index is 792. The van der Waals surface area contributed by atoms with Crippen LogP contribution in [0, 0.1) is 6.92 Å². The van der Waals surface area contributed by atoms with E-state index in [2.05, 4.69) is 29.5 Å². The summed E-state index contributed by atoms with van der Waals surface area (Å²) in [5, 5.41) is 0. The van der Waals surface area contributed by atoms with E-state index in [-0.39, 0.29) is 0 Å². The van der Waals surface area contributed by atoms with Crippen LogP contribution in [0.5, 0.6) is 0 Å². The van der Waals surface area contributed by atoms with Crippen LogP contribution in [-0.4, -0.2) is 21.5 Å². The van der Waals surface area contributed by atoms with E-state index in [9.17, 15) is 8.42 Å². The van der Waals surface area contributed by atoms with Gasteiger partial charge in [-0.2, -0.15) is 0 Å². The lowest BCUT2D eigenvalue weighted by atomic mass is 10.1. The maximum Gasteiger partial charge on any atom is 0.250 e. The van der Waals surface area contributed by atoms with Gasteiger partial charge in [-0.1, -0.05) is 44.9 Å². The highest BCUT2D eigenvalue weighted by Gasteiger charge is 2.18. The van der Waals surface area contributed by atoms with Gasteiger partial charge >= 0.3 is 0 Å². The van der Waals surface area contributed by atoms with Gasteiger partial charge in [0.2, 0.25) is 10.0 Å². The number of sulfonamides is 1. The third-order valence-corrected chi connectivity index (χ3v) is 7.52. The first kappa shape index (κ1) is 21.9. The van der Waals surface area contributed by atoms with Crippen LogP contribution in [-0.2, 0) is 16.6 Å². The lowest BCUT2D eigenvalue weighted by Crippen LogP contribution is -2.31. The molecule has 2 aromatic rings. The Morgan fingerprint density at radius 1 is 1.00 bits per heavy atom. The predicted molar refractivity (Wildman–Crippen MR) is 116 cm³/mol. The van der Waals surface area contributed by atoms with Gasteiger partial charge in [-0.05, 0) is 49.9 Å². The summed E-state index contributed by atoms with van der Waals surface area (Å²) in [5.41, 5.74) is 2.18. The van der Waals surface area contributed by atoms with Crippen LogP contribution in [0.2, 0.25) is 0 Å². The number of nitrogens with one attached hydrogen (secondary N) is 1. The molecule has 1 aromatic carbocycles. The summed E-state index contributed by atoms with van der Waals surface area (Å²) < 4.78 is 27.9. The van der Waals surface area contributed by atoms with Gasteiger partial charge in [0.1, 0.15) is 4.21 Å². The number of aryl methyl sites for hydroxylation is 1. The molecular formula is C21H32N2O2S2. The zero-order chi connectivity index (χ0) is 19.7.